The van der Waals surface area contributed by atoms with Gasteiger partial charge in [0.15, 0.2) is 0 Å². The summed E-state index contributed by atoms with van der Waals surface area (Å²) < 4.78 is 21.6. The number of nitrogens with zero attached hydrogens (tertiary/aromatic N) is 4. The lowest BCUT2D eigenvalue weighted by molar-refractivity contribution is 0.411. The van der Waals surface area contributed by atoms with E-state index >= 15 is 4.39 Å². The van der Waals surface area contributed by atoms with Crippen molar-refractivity contribution in [2.45, 2.75) is 6.54 Å². The van der Waals surface area contributed by atoms with Crippen LogP contribution in [0.25, 0.3) is 50.7 Å². The molecule has 7 heteroatoms. The molecule has 6 rings (SSSR count). The minimum absolute atomic E-state index is 0.218. The summed E-state index contributed by atoms with van der Waals surface area (Å²) >= 11 is 0. The third kappa shape index (κ3) is 4.78. The molecule has 0 atom stereocenters. The summed E-state index contributed by atoms with van der Waals surface area (Å²) in [6, 6.07) is 27.3. The molecular weight excluding hydrogens is 491 g/mol. The van der Waals surface area contributed by atoms with Gasteiger partial charge in [-0.15, -0.1) is 0 Å². The largest absolute Gasteiger partial charge is 0.497 e. The van der Waals surface area contributed by atoms with Gasteiger partial charge in [-0.1, -0.05) is 60.7 Å². The van der Waals surface area contributed by atoms with E-state index in [0.29, 0.717) is 16.7 Å². The number of ether oxygens (including phenoxy) is 1. The van der Waals surface area contributed by atoms with E-state index in [-0.39, 0.29) is 23.5 Å². The van der Waals surface area contributed by atoms with Crippen molar-refractivity contribution in [3.05, 3.63) is 125 Å². The lowest BCUT2D eigenvalue weighted by atomic mass is 10.1. The van der Waals surface area contributed by atoms with E-state index in [2.05, 4.69) is 9.97 Å². The van der Waals surface area contributed by atoms with Gasteiger partial charge >= 0.3 is 0 Å². The summed E-state index contributed by atoms with van der Waals surface area (Å²) in [5, 5.41) is 0.476. The lowest BCUT2D eigenvalue weighted by Crippen LogP contribution is -2.23. The highest BCUT2D eigenvalue weighted by atomic mass is 19.1. The van der Waals surface area contributed by atoms with Crippen LogP contribution in [0.3, 0.4) is 0 Å². The van der Waals surface area contributed by atoms with Crippen molar-refractivity contribution < 1.29 is 9.13 Å². The van der Waals surface area contributed by atoms with Crippen LogP contribution in [-0.2, 0) is 6.54 Å². The molecule has 0 N–H and O–H groups in total. The molecule has 0 aliphatic heterocycles. The van der Waals surface area contributed by atoms with Crippen LogP contribution in [0.15, 0.2) is 108 Å². The molecule has 0 spiro atoms. The number of hydrogen-bond acceptors (Lipinski definition) is 5. The van der Waals surface area contributed by atoms with Gasteiger partial charge in [-0.3, -0.25) is 14.3 Å². The monoisotopic (exact) mass is 514 g/mol. The number of benzene rings is 4. The highest BCUT2D eigenvalue weighted by molar-refractivity contribution is 5.80. The van der Waals surface area contributed by atoms with Crippen LogP contribution in [0.5, 0.6) is 5.75 Å². The fraction of sp³-hybridized carbons (Fsp3) is 0.0625. The Balaban J connectivity index is 1.31. The predicted octanol–water partition coefficient (Wildman–Crippen LogP) is 6.53. The van der Waals surface area contributed by atoms with Crippen molar-refractivity contribution >= 4 is 28.0 Å². The smallest absolute Gasteiger partial charge is 0.261 e. The number of allylic oxidation sites excluding steroid dienone is 1. The second-order valence-corrected chi connectivity index (χ2v) is 8.98. The minimum atomic E-state index is -0.512. The standard InChI is InChI=1S/C32H23FN4O2/c1-39-23-16-17-24(26(33)19-23)31-36-27-9-3-2-8-25(27)32(38)37(31)18-6-7-21-12-14-22(15-13-21)30-20-34-28-10-4-5-11-29(28)35-30/h2-17,19-20H,18H2,1H3/b7-6+. The zero-order valence-corrected chi connectivity index (χ0v) is 21.1. The van der Waals surface area contributed by atoms with E-state index in [1.807, 2.05) is 60.7 Å². The number of aromatic nitrogens is 4. The van der Waals surface area contributed by atoms with E-state index in [0.717, 1.165) is 27.9 Å². The second-order valence-electron chi connectivity index (χ2n) is 8.98. The molecule has 0 saturated heterocycles. The molecule has 2 heterocycles. The van der Waals surface area contributed by atoms with Gasteiger partial charge in [0.1, 0.15) is 17.4 Å². The van der Waals surface area contributed by atoms with Crippen molar-refractivity contribution in [2.24, 2.45) is 0 Å². The molecule has 6 aromatic rings. The summed E-state index contributed by atoms with van der Waals surface area (Å²) in [7, 11) is 1.48. The molecule has 0 aliphatic carbocycles. The molecule has 0 aliphatic rings. The lowest BCUT2D eigenvalue weighted by Gasteiger charge is -2.13. The molecule has 39 heavy (non-hydrogen) atoms. The molecule has 0 bridgehead atoms. The van der Waals surface area contributed by atoms with Gasteiger partial charge in [0.2, 0.25) is 0 Å². The summed E-state index contributed by atoms with van der Waals surface area (Å²) in [4.78, 5) is 27.3. The van der Waals surface area contributed by atoms with Crippen LogP contribution in [0, 0.1) is 5.82 Å². The van der Waals surface area contributed by atoms with Crippen LogP contribution in [-0.4, -0.2) is 26.6 Å². The molecule has 6 nitrogen and oxygen atoms in total. The SMILES string of the molecule is COc1ccc(-c2nc3ccccc3c(=O)n2C/C=C/c2ccc(-c3cnc4ccccc4n3)cc2)c(F)c1. The van der Waals surface area contributed by atoms with Crippen molar-refractivity contribution in [1.29, 1.82) is 0 Å². The Kier molecular flexibility index (Phi) is 6.39. The molecule has 0 fully saturated rings. The topological polar surface area (TPSA) is 69.9 Å². The maximum atomic E-state index is 15.0. The van der Waals surface area contributed by atoms with E-state index in [1.54, 1.807) is 42.6 Å². The number of para-hydroxylation sites is 3. The molecule has 0 unspecified atom stereocenters. The Bertz CT molecular complexity index is 1910. The summed E-state index contributed by atoms with van der Waals surface area (Å²) in [5.41, 5.74) is 4.91. The Morgan fingerprint density at radius 3 is 2.38 bits per heavy atom. The molecule has 0 radical (unpaired) electrons. The van der Waals surface area contributed by atoms with Crippen molar-refractivity contribution in [1.82, 2.24) is 19.5 Å². The normalized spacial score (nSPS) is 11.4. The summed E-state index contributed by atoms with van der Waals surface area (Å²) in [6.45, 7) is 0.218. The van der Waals surface area contributed by atoms with Gasteiger partial charge < -0.3 is 4.74 Å². The molecule has 190 valence electrons. The highest BCUT2D eigenvalue weighted by Crippen LogP contribution is 2.26. The fourth-order valence-electron chi connectivity index (χ4n) is 4.50. The van der Waals surface area contributed by atoms with E-state index in [1.165, 1.54) is 17.7 Å². The maximum Gasteiger partial charge on any atom is 0.261 e. The van der Waals surface area contributed by atoms with Gasteiger partial charge in [0, 0.05) is 18.2 Å². The van der Waals surface area contributed by atoms with Crippen LogP contribution in [0.1, 0.15) is 5.56 Å². The number of fused-ring (bicyclic) bond motifs is 2. The highest BCUT2D eigenvalue weighted by Gasteiger charge is 2.16. The number of methoxy groups -OCH3 is 1. The van der Waals surface area contributed by atoms with Crippen molar-refractivity contribution in [2.75, 3.05) is 7.11 Å². The molecule has 2 aromatic heterocycles. The van der Waals surface area contributed by atoms with Crippen LogP contribution < -0.4 is 10.3 Å². The molecule has 0 saturated carbocycles. The van der Waals surface area contributed by atoms with Crippen LogP contribution >= 0.6 is 0 Å². The first kappa shape index (κ1) is 24.2. The van der Waals surface area contributed by atoms with Gasteiger partial charge in [-0.2, -0.15) is 0 Å². The Hall–Kier alpha value is -5.17. The average molecular weight is 515 g/mol. The van der Waals surface area contributed by atoms with Crippen molar-refractivity contribution in [3.63, 3.8) is 0 Å². The average Bonchev–Trinajstić information content (AvgIpc) is 2.98. The second kappa shape index (κ2) is 10.3. The van der Waals surface area contributed by atoms with Gasteiger partial charge in [0.25, 0.3) is 5.56 Å². The first-order valence-corrected chi connectivity index (χ1v) is 12.4. The number of halogens is 1. The van der Waals surface area contributed by atoms with Crippen molar-refractivity contribution in [3.8, 4) is 28.4 Å². The Morgan fingerprint density at radius 1 is 0.872 bits per heavy atom. The quantitative estimate of drug-likeness (QED) is 0.253. The fourth-order valence-corrected chi connectivity index (χ4v) is 4.50. The van der Waals surface area contributed by atoms with E-state index in [4.69, 9.17) is 9.72 Å². The first-order chi connectivity index (χ1) is 19.1. The predicted molar refractivity (Wildman–Crippen MR) is 152 cm³/mol. The van der Waals surface area contributed by atoms with E-state index in [9.17, 15) is 4.79 Å². The zero-order chi connectivity index (χ0) is 26.8. The Morgan fingerprint density at radius 2 is 1.62 bits per heavy atom. The number of rotatable bonds is 6. The van der Waals surface area contributed by atoms with Crippen LogP contribution in [0.4, 0.5) is 4.39 Å². The third-order valence-corrected chi connectivity index (χ3v) is 6.53. The van der Waals surface area contributed by atoms with Gasteiger partial charge in [-0.25, -0.2) is 14.4 Å². The summed E-state index contributed by atoms with van der Waals surface area (Å²) in [6.07, 6.45) is 5.56. The minimum Gasteiger partial charge on any atom is -0.497 e. The van der Waals surface area contributed by atoms with Gasteiger partial charge in [-0.05, 0) is 42.0 Å². The van der Waals surface area contributed by atoms with E-state index < -0.39 is 5.82 Å². The van der Waals surface area contributed by atoms with Crippen LogP contribution in [0.2, 0.25) is 0 Å². The first-order valence-electron chi connectivity index (χ1n) is 12.4. The third-order valence-electron chi connectivity index (χ3n) is 6.53. The zero-order valence-electron chi connectivity index (χ0n) is 21.1. The van der Waals surface area contributed by atoms with Gasteiger partial charge in [0.05, 0.1) is 46.5 Å². The Labute approximate surface area is 223 Å². The molecule has 0 amide bonds. The molecule has 4 aromatic carbocycles. The molecular formula is C32H23FN4O2. The summed E-state index contributed by atoms with van der Waals surface area (Å²) in [5.74, 6) is 0.138. The maximum absolute atomic E-state index is 15.0. The number of hydrogen-bond donors (Lipinski definition) is 0.